The van der Waals surface area contributed by atoms with Gasteiger partial charge in [0.05, 0.1) is 6.20 Å². The monoisotopic (exact) mass is 243 g/mol. The van der Waals surface area contributed by atoms with Gasteiger partial charge in [0.25, 0.3) is 0 Å². The van der Waals surface area contributed by atoms with Crippen LogP contribution in [0.2, 0.25) is 0 Å². The van der Waals surface area contributed by atoms with Crippen molar-refractivity contribution in [2.24, 2.45) is 7.05 Å². The summed E-state index contributed by atoms with van der Waals surface area (Å²) in [5.41, 5.74) is 5.29. The van der Waals surface area contributed by atoms with E-state index < -0.39 is 0 Å². The van der Waals surface area contributed by atoms with Gasteiger partial charge in [0.1, 0.15) is 0 Å². The van der Waals surface area contributed by atoms with Crippen LogP contribution in [-0.4, -0.2) is 21.7 Å². The second kappa shape index (κ2) is 5.36. The molecule has 0 aliphatic carbocycles. The van der Waals surface area contributed by atoms with Gasteiger partial charge in [-0.05, 0) is 32.0 Å². The van der Waals surface area contributed by atoms with Gasteiger partial charge in [-0.3, -0.25) is 9.58 Å². The molecule has 0 fully saturated rings. The number of hydrogen-bond donors (Lipinski definition) is 0. The Bertz CT molecular complexity index is 528. The maximum atomic E-state index is 4.28. The van der Waals surface area contributed by atoms with E-state index in [1.54, 1.807) is 0 Å². The van der Waals surface area contributed by atoms with Crippen molar-refractivity contribution in [2.45, 2.75) is 26.9 Å². The van der Waals surface area contributed by atoms with Gasteiger partial charge in [-0.15, -0.1) is 0 Å². The van der Waals surface area contributed by atoms with E-state index in [0.29, 0.717) is 0 Å². The molecule has 96 valence electrons. The third-order valence-corrected chi connectivity index (χ3v) is 3.48. The van der Waals surface area contributed by atoms with Crippen LogP contribution in [-0.2, 0) is 20.1 Å². The van der Waals surface area contributed by atoms with Crippen LogP contribution in [0.25, 0.3) is 0 Å². The predicted molar refractivity (Wildman–Crippen MR) is 74.3 cm³/mol. The van der Waals surface area contributed by atoms with E-state index in [-0.39, 0.29) is 0 Å². The van der Waals surface area contributed by atoms with E-state index in [1.165, 1.54) is 22.4 Å². The molecule has 1 aromatic carbocycles. The van der Waals surface area contributed by atoms with E-state index in [2.05, 4.69) is 55.2 Å². The lowest BCUT2D eigenvalue weighted by Crippen LogP contribution is -2.18. The van der Waals surface area contributed by atoms with Crippen molar-refractivity contribution in [3.8, 4) is 0 Å². The summed E-state index contributed by atoms with van der Waals surface area (Å²) in [6.45, 7) is 6.19. The van der Waals surface area contributed by atoms with Crippen LogP contribution in [0.3, 0.4) is 0 Å². The summed E-state index contributed by atoms with van der Waals surface area (Å²) in [6, 6.07) is 8.55. The Morgan fingerprint density at radius 1 is 1.11 bits per heavy atom. The molecule has 0 aliphatic rings. The Kier molecular flexibility index (Phi) is 3.82. The fourth-order valence-electron chi connectivity index (χ4n) is 2.12. The molecule has 1 heterocycles. The first kappa shape index (κ1) is 12.8. The fraction of sp³-hybridized carbons (Fsp3) is 0.400. The van der Waals surface area contributed by atoms with Crippen LogP contribution in [0.5, 0.6) is 0 Å². The zero-order valence-electron chi connectivity index (χ0n) is 11.6. The molecule has 0 spiro atoms. The summed E-state index contributed by atoms with van der Waals surface area (Å²) in [6.07, 6.45) is 1.96. The van der Waals surface area contributed by atoms with E-state index in [0.717, 1.165) is 13.1 Å². The van der Waals surface area contributed by atoms with Crippen molar-refractivity contribution >= 4 is 0 Å². The lowest BCUT2D eigenvalue weighted by Gasteiger charge is -2.17. The summed E-state index contributed by atoms with van der Waals surface area (Å²) in [7, 11) is 4.14. The van der Waals surface area contributed by atoms with Gasteiger partial charge < -0.3 is 0 Å². The summed E-state index contributed by atoms with van der Waals surface area (Å²) in [4.78, 5) is 2.33. The third-order valence-electron chi connectivity index (χ3n) is 3.48. The lowest BCUT2D eigenvalue weighted by molar-refractivity contribution is 0.317. The van der Waals surface area contributed by atoms with E-state index in [1.807, 2.05) is 17.9 Å². The Balaban J connectivity index is 2.03. The maximum Gasteiger partial charge on any atom is 0.0537 e. The lowest BCUT2D eigenvalue weighted by atomic mass is 10.1. The largest absolute Gasteiger partial charge is 0.298 e. The highest BCUT2D eigenvalue weighted by molar-refractivity contribution is 5.25. The number of rotatable bonds is 4. The molecule has 0 unspecified atom stereocenters. The molecule has 3 heteroatoms. The third kappa shape index (κ3) is 2.79. The SMILES string of the molecule is Cc1ccccc1CN(C)Cc1cnn(C)c1C. The van der Waals surface area contributed by atoms with Gasteiger partial charge in [0.2, 0.25) is 0 Å². The standard InChI is InChI=1S/C15H21N3/c1-12-7-5-6-8-14(12)10-17(3)11-15-9-16-18(4)13(15)2/h5-9H,10-11H2,1-4H3. The van der Waals surface area contributed by atoms with Gasteiger partial charge in [-0.2, -0.15) is 5.10 Å². The summed E-state index contributed by atoms with van der Waals surface area (Å²) in [5, 5.41) is 4.28. The quantitative estimate of drug-likeness (QED) is 0.823. The van der Waals surface area contributed by atoms with Gasteiger partial charge in [-0.1, -0.05) is 24.3 Å². The molecule has 0 saturated heterocycles. The number of aromatic nitrogens is 2. The molecule has 0 N–H and O–H groups in total. The van der Waals surface area contributed by atoms with Crippen LogP contribution >= 0.6 is 0 Å². The topological polar surface area (TPSA) is 21.1 Å². The smallest absolute Gasteiger partial charge is 0.0537 e. The first-order valence-corrected chi connectivity index (χ1v) is 6.28. The summed E-state index contributed by atoms with van der Waals surface area (Å²) < 4.78 is 1.93. The minimum absolute atomic E-state index is 0.938. The number of benzene rings is 1. The van der Waals surface area contributed by atoms with Crippen molar-refractivity contribution in [3.63, 3.8) is 0 Å². The predicted octanol–water partition coefficient (Wildman–Crippen LogP) is 2.67. The average Bonchev–Trinajstić information content (AvgIpc) is 2.64. The molecule has 0 aliphatic heterocycles. The average molecular weight is 243 g/mol. The van der Waals surface area contributed by atoms with Gasteiger partial charge in [-0.25, -0.2) is 0 Å². The molecule has 0 amide bonds. The molecule has 18 heavy (non-hydrogen) atoms. The van der Waals surface area contributed by atoms with E-state index in [9.17, 15) is 0 Å². The Morgan fingerprint density at radius 3 is 2.39 bits per heavy atom. The number of aryl methyl sites for hydroxylation is 2. The van der Waals surface area contributed by atoms with Crippen molar-refractivity contribution in [1.82, 2.24) is 14.7 Å². The van der Waals surface area contributed by atoms with Crippen LogP contribution < -0.4 is 0 Å². The molecule has 2 rings (SSSR count). The van der Waals surface area contributed by atoms with Crippen molar-refractivity contribution in [3.05, 3.63) is 52.8 Å². The van der Waals surface area contributed by atoms with Crippen LogP contribution in [0.4, 0.5) is 0 Å². The zero-order valence-corrected chi connectivity index (χ0v) is 11.6. The molecule has 1 aromatic heterocycles. The summed E-state index contributed by atoms with van der Waals surface area (Å²) in [5.74, 6) is 0. The molecule has 0 saturated carbocycles. The number of nitrogens with zero attached hydrogens (tertiary/aromatic N) is 3. The van der Waals surface area contributed by atoms with Crippen LogP contribution in [0.15, 0.2) is 30.5 Å². The highest BCUT2D eigenvalue weighted by Crippen LogP contribution is 2.13. The van der Waals surface area contributed by atoms with Crippen molar-refractivity contribution < 1.29 is 0 Å². The normalized spacial score (nSPS) is 11.2. The molecule has 2 aromatic rings. The highest BCUT2D eigenvalue weighted by Gasteiger charge is 2.08. The van der Waals surface area contributed by atoms with Crippen molar-refractivity contribution in [2.75, 3.05) is 7.05 Å². The molecule has 0 bridgehead atoms. The fourth-order valence-corrected chi connectivity index (χ4v) is 2.12. The molecule has 0 atom stereocenters. The Morgan fingerprint density at radius 2 is 1.78 bits per heavy atom. The maximum absolute atomic E-state index is 4.28. The van der Waals surface area contributed by atoms with Gasteiger partial charge in [0.15, 0.2) is 0 Å². The van der Waals surface area contributed by atoms with E-state index in [4.69, 9.17) is 0 Å². The first-order valence-electron chi connectivity index (χ1n) is 6.28. The number of hydrogen-bond acceptors (Lipinski definition) is 2. The minimum atomic E-state index is 0.938. The summed E-state index contributed by atoms with van der Waals surface area (Å²) >= 11 is 0. The molecular formula is C15H21N3. The van der Waals surface area contributed by atoms with Gasteiger partial charge >= 0.3 is 0 Å². The van der Waals surface area contributed by atoms with Crippen LogP contribution in [0.1, 0.15) is 22.4 Å². The van der Waals surface area contributed by atoms with Crippen LogP contribution in [0, 0.1) is 13.8 Å². The molecule has 0 radical (unpaired) electrons. The van der Waals surface area contributed by atoms with E-state index >= 15 is 0 Å². The highest BCUT2D eigenvalue weighted by atomic mass is 15.3. The van der Waals surface area contributed by atoms with Gasteiger partial charge in [0, 0.05) is 31.4 Å². The second-order valence-corrected chi connectivity index (χ2v) is 4.98. The minimum Gasteiger partial charge on any atom is -0.298 e. The Labute approximate surface area is 109 Å². The second-order valence-electron chi connectivity index (χ2n) is 4.98. The Hall–Kier alpha value is -1.61. The molecule has 3 nitrogen and oxygen atoms in total. The van der Waals surface area contributed by atoms with Crippen molar-refractivity contribution in [1.29, 1.82) is 0 Å². The molecular weight excluding hydrogens is 222 g/mol. The first-order chi connectivity index (χ1) is 8.58. The zero-order chi connectivity index (χ0) is 13.1.